The van der Waals surface area contributed by atoms with E-state index in [1.165, 1.54) is 7.11 Å². The fourth-order valence-corrected chi connectivity index (χ4v) is 1.43. The zero-order chi connectivity index (χ0) is 13.4. The quantitative estimate of drug-likeness (QED) is 0.460. The molecule has 1 rings (SSSR count). The molecule has 0 spiro atoms. The van der Waals surface area contributed by atoms with Crippen LogP contribution in [0.15, 0.2) is 24.3 Å². The lowest BCUT2D eigenvalue weighted by Crippen LogP contribution is -2.31. The van der Waals surface area contributed by atoms with Crippen molar-refractivity contribution < 1.29 is 19.1 Å². The second kappa shape index (κ2) is 7.60. The van der Waals surface area contributed by atoms with Crippen molar-refractivity contribution in [3.8, 4) is 11.5 Å². The van der Waals surface area contributed by atoms with Gasteiger partial charge in [-0.05, 0) is 17.9 Å². The lowest BCUT2D eigenvalue weighted by molar-refractivity contribution is -0.135. The summed E-state index contributed by atoms with van der Waals surface area (Å²) in [6.07, 6.45) is 0.269. The van der Waals surface area contributed by atoms with E-state index >= 15 is 0 Å². The van der Waals surface area contributed by atoms with Crippen LogP contribution in [-0.4, -0.2) is 31.3 Å². The first kappa shape index (κ1) is 14.4. The fourth-order valence-electron chi connectivity index (χ4n) is 1.22. The largest absolute Gasteiger partial charge is 0.493 e. The zero-order valence-electron chi connectivity index (χ0n) is 10.0. The Labute approximate surface area is 111 Å². The minimum Gasteiger partial charge on any atom is -0.493 e. The highest BCUT2D eigenvalue weighted by molar-refractivity contribution is 7.80. The first-order valence-electron chi connectivity index (χ1n) is 5.38. The van der Waals surface area contributed by atoms with E-state index in [1.54, 1.807) is 24.3 Å². The average Bonchev–Trinajstić information content (AvgIpc) is 2.37. The maximum absolute atomic E-state index is 11.5. The molecule has 1 amide bonds. The Kier molecular flexibility index (Phi) is 6.07. The molecular weight excluding hydrogens is 254 g/mol. The summed E-state index contributed by atoms with van der Waals surface area (Å²) in [5.74, 6) is 0.447. The molecule has 1 aromatic carbocycles. The van der Waals surface area contributed by atoms with Crippen LogP contribution in [0.3, 0.4) is 0 Å². The van der Waals surface area contributed by atoms with Crippen molar-refractivity contribution >= 4 is 24.5 Å². The molecule has 0 atom stereocenters. The van der Waals surface area contributed by atoms with Gasteiger partial charge < -0.3 is 14.8 Å². The molecule has 5 nitrogen and oxygen atoms in total. The molecule has 0 aliphatic carbocycles. The number of nitrogens with one attached hydrogen (secondary N) is 1. The van der Waals surface area contributed by atoms with Gasteiger partial charge in [0, 0.05) is 6.42 Å². The SMILES string of the molecule is COc1ccccc1OC(=O)CNC(=O)CCS. The van der Waals surface area contributed by atoms with Crippen molar-refractivity contribution in [3.63, 3.8) is 0 Å². The minimum atomic E-state index is -0.549. The van der Waals surface area contributed by atoms with Crippen LogP contribution in [0.5, 0.6) is 11.5 Å². The van der Waals surface area contributed by atoms with Gasteiger partial charge in [0.2, 0.25) is 5.91 Å². The molecule has 0 saturated carbocycles. The Balaban J connectivity index is 2.47. The third kappa shape index (κ3) is 4.67. The molecule has 98 valence electrons. The Hall–Kier alpha value is -1.69. The number of esters is 1. The number of carbonyl (C=O) groups is 2. The normalized spacial score (nSPS) is 9.67. The predicted molar refractivity (Wildman–Crippen MR) is 70.1 cm³/mol. The van der Waals surface area contributed by atoms with Gasteiger partial charge in [0.05, 0.1) is 7.11 Å². The lowest BCUT2D eigenvalue weighted by atomic mass is 10.3. The number of benzene rings is 1. The van der Waals surface area contributed by atoms with Gasteiger partial charge in [-0.3, -0.25) is 4.79 Å². The van der Waals surface area contributed by atoms with Crippen LogP contribution in [-0.2, 0) is 9.59 Å². The molecule has 18 heavy (non-hydrogen) atoms. The molecule has 1 aromatic rings. The van der Waals surface area contributed by atoms with E-state index in [2.05, 4.69) is 17.9 Å². The highest BCUT2D eigenvalue weighted by atomic mass is 32.1. The lowest BCUT2D eigenvalue weighted by Gasteiger charge is -2.09. The second-order valence-corrected chi connectivity index (χ2v) is 3.82. The van der Waals surface area contributed by atoms with Crippen LogP contribution < -0.4 is 14.8 Å². The molecule has 0 aromatic heterocycles. The summed E-state index contributed by atoms with van der Waals surface area (Å²) in [5.41, 5.74) is 0. The zero-order valence-corrected chi connectivity index (χ0v) is 10.9. The van der Waals surface area contributed by atoms with Crippen molar-refractivity contribution in [1.82, 2.24) is 5.32 Å². The van der Waals surface area contributed by atoms with Gasteiger partial charge >= 0.3 is 5.97 Å². The first-order valence-corrected chi connectivity index (χ1v) is 6.02. The van der Waals surface area contributed by atoms with Gasteiger partial charge in [-0.25, -0.2) is 4.79 Å². The maximum atomic E-state index is 11.5. The van der Waals surface area contributed by atoms with Crippen LogP contribution >= 0.6 is 12.6 Å². The van der Waals surface area contributed by atoms with E-state index in [4.69, 9.17) is 9.47 Å². The van der Waals surface area contributed by atoms with Crippen LogP contribution in [0.2, 0.25) is 0 Å². The summed E-state index contributed by atoms with van der Waals surface area (Å²) in [4.78, 5) is 22.6. The van der Waals surface area contributed by atoms with Crippen LogP contribution in [0, 0.1) is 0 Å². The van der Waals surface area contributed by atoms with Crippen molar-refractivity contribution in [3.05, 3.63) is 24.3 Å². The highest BCUT2D eigenvalue weighted by Crippen LogP contribution is 2.25. The monoisotopic (exact) mass is 269 g/mol. The van der Waals surface area contributed by atoms with E-state index in [0.717, 1.165) is 0 Å². The van der Waals surface area contributed by atoms with Crippen LogP contribution in [0.25, 0.3) is 0 Å². The number of rotatable bonds is 6. The molecule has 0 unspecified atom stereocenters. The fraction of sp³-hybridized carbons (Fsp3) is 0.333. The van der Waals surface area contributed by atoms with Gasteiger partial charge in [-0.1, -0.05) is 12.1 Å². The average molecular weight is 269 g/mol. The summed E-state index contributed by atoms with van der Waals surface area (Å²) < 4.78 is 10.1. The van der Waals surface area contributed by atoms with E-state index in [9.17, 15) is 9.59 Å². The summed E-state index contributed by atoms with van der Waals surface area (Å²) in [6, 6.07) is 6.80. The first-order chi connectivity index (χ1) is 8.67. The Morgan fingerprint density at radius 2 is 1.94 bits per heavy atom. The molecule has 0 aliphatic heterocycles. The molecule has 1 N–H and O–H groups in total. The van der Waals surface area contributed by atoms with Crippen molar-refractivity contribution in [2.24, 2.45) is 0 Å². The maximum Gasteiger partial charge on any atom is 0.330 e. The third-order valence-electron chi connectivity index (χ3n) is 2.06. The number of methoxy groups -OCH3 is 1. The summed E-state index contributed by atoms with van der Waals surface area (Å²) in [6.45, 7) is -0.176. The van der Waals surface area contributed by atoms with Gasteiger partial charge in [0.15, 0.2) is 11.5 Å². The molecule has 0 bridgehead atoms. The molecule has 0 saturated heterocycles. The van der Waals surface area contributed by atoms with Gasteiger partial charge in [0.1, 0.15) is 6.54 Å². The van der Waals surface area contributed by atoms with E-state index in [0.29, 0.717) is 17.3 Å². The Bertz CT molecular complexity index is 422. The van der Waals surface area contributed by atoms with E-state index in [-0.39, 0.29) is 18.9 Å². The van der Waals surface area contributed by atoms with Gasteiger partial charge in [-0.15, -0.1) is 0 Å². The van der Waals surface area contributed by atoms with Crippen molar-refractivity contribution in [2.75, 3.05) is 19.4 Å². The topological polar surface area (TPSA) is 64.6 Å². The standard InChI is InChI=1S/C12H15NO4S/c1-16-9-4-2-3-5-10(9)17-12(15)8-13-11(14)6-7-18/h2-5,18H,6-8H2,1H3,(H,13,14). The number of amides is 1. The summed E-state index contributed by atoms with van der Waals surface area (Å²) in [7, 11) is 1.49. The smallest absolute Gasteiger partial charge is 0.330 e. The number of thiol groups is 1. The number of hydrogen-bond acceptors (Lipinski definition) is 5. The van der Waals surface area contributed by atoms with E-state index in [1.807, 2.05) is 0 Å². The third-order valence-corrected chi connectivity index (χ3v) is 2.29. The molecule has 0 fully saturated rings. The molecule has 0 aliphatic rings. The van der Waals surface area contributed by atoms with Crippen molar-refractivity contribution in [1.29, 1.82) is 0 Å². The van der Waals surface area contributed by atoms with Crippen LogP contribution in [0.4, 0.5) is 0 Å². The number of ether oxygens (including phenoxy) is 2. The molecular formula is C12H15NO4S. The predicted octanol–water partition coefficient (Wildman–Crippen LogP) is 1.04. The minimum absolute atomic E-state index is 0.176. The van der Waals surface area contributed by atoms with Crippen LogP contribution in [0.1, 0.15) is 6.42 Å². The van der Waals surface area contributed by atoms with Gasteiger partial charge in [-0.2, -0.15) is 12.6 Å². The summed E-state index contributed by atoms with van der Waals surface area (Å²) in [5, 5.41) is 2.44. The Morgan fingerprint density at radius 3 is 2.56 bits per heavy atom. The molecule has 0 heterocycles. The highest BCUT2D eigenvalue weighted by Gasteiger charge is 2.10. The molecule has 0 radical (unpaired) electrons. The number of hydrogen-bond donors (Lipinski definition) is 2. The number of carbonyl (C=O) groups excluding carboxylic acids is 2. The summed E-state index contributed by atoms with van der Waals surface area (Å²) >= 11 is 3.92. The number of para-hydroxylation sites is 2. The van der Waals surface area contributed by atoms with Crippen molar-refractivity contribution in [2.45, 2.75) is 6.42 Å². The second-order valence-electron chi connectivity index (χ2n) is 3.38. The molecule has 6 heteroatoms. The van der Waals surface area contributed by atoms with Gasteiger partial charge in [0.25, 0.3) is 0 Å². The van der Waals surface area contributed by atoms with E-state index < -0.39 is 5.97 Å². The Morgan fingerprint density at radius 1 is 1.28 bits per heavy atom.